The molecule has 35 heavy (non-hydrogen) atoms. The van der Waals surface area contributed by atoms with Crippen molar-refractivity contribution in [3.05, 3.63) is 65.2 Å². The highest BCUT2D eigenvalue weighted by molar-refractivity contribution is 5.90. The molecule has 0 unspecified atom stereocenters. The number of fused-ring (bicyclic) bond motifs is 1. The molecule has 2 N–H and O–H groups in total. The van der Waals surface area contributed by atoms with Crippen LogP contribution in [-0.4, -0.2) is 52.4 Å². The lowest BCUT2D eigenvalue weighted by molar-refractivity contribution is 0.0994. The summed E-state index contributed by atoms with van der Waals surface area (Å²) in [6.07, 6.45) is 10.5. The molecule has 1 saturated heterocycles. The van der Waals surface area contributed by atoms with Crippen LogP contribution in [0.25, 0.3) is 0 Å². The molecule has 1 aliphatic heterocycles. The largest absolute Gasteiger partial charge is 0.489 e. The number of aryl methyl sites for hydroxylation is 3. The summed E-state index contributed by atoms with van der Waals surface area (Å²) in [5.74, 6) is 1.52. The Morgan fingerprint density at radius 2 is 1.91 bits per heavy atom. The number of hydrogen-bond donors (Lipinski definition) is 1. The highest BCUT2D eigenvalue weighted by atomic mass is 16.5. The molecular weight excluding hydrogens is 444 g/mol. The Morgan fingerprint density at radius 1 is 1.11 bits per heavy atom. The molecule has 3 aromatic rings. The fraction of sp³-hybridized carbons (Fsp3) is 0.423. The van der Waals surface area contributed by atoms with E-state index < -0.39 is 5.91 Å². The van der Waals surface area contributed by atoms with Gasteiger partial charge in [-0.1, -0.05) is 6.07 Å². The molecule has 3 aromatic heterocycles. The van der Waals surface area contributed by atoms with Gasteiger partial charge < -0.3 is 20.1 Å². The summed E-state index contributed by atoms with van der Waals surface area (Å²) >= 11 is 0. The number of methoxy groups -OCH3 is 1. The molecule has 1 aliphatic carbocycles. The van der Waals surface area contributed by atoms with Gasteiger partial charge in [-0.3, -0.25) is 9.78 Å². The molecule has 4 heterocycles. The van der Waals surface area contributed by atoms with Crippen LogP contribution in [0.5, 0.6) is 11.6 Å². The van der Waals surface area contributed by atoms with Crippen molar-refractivity contribution in [3.8, 4) is 11.6 Å². The number of pyridine rings is 2. The number of ether oxygens (including phenoxy) is 2. The zero-order valence-corrected chi connectivity index (χ0v) is 20.3. The van der Waals surface area contributed by atoms with Crippen LogP contribution in [0.4, 0.5) is 5.82 Å². The Hall–Kier alpha value is -3.75. The third-order valence-electron chi connectivity index (χ3n) is 6.27. The first-order chi connectivity index (χ1) is 17.0. The topological polar surface area (TPSA) is 116 Å². The number of nitrogens with zero attached hydrogens (tertiary/aromatic N) is 5. The van der Waals surface area contributed by atoms with Gasteiger partial charge in [-0.15, -0.1) is 10.2 Å². The number of primary amides is 1. The van der Waals surface area contributed by atoms with Crippen molar-refractivity contribution in [2.75, 3.05) is 25.1 Å². The lowest BCUT2D eigenvalue weighted by Gasteiger charge is -2.33. The van der Waals surface area contributed by atoms with E-state index in [-0.39, 0.29) is 13.2 Å². The van der Waals surface area contributed by atoms with Crippen molar-refractivity contribution < 1.29 is 15.7 Å². The molecule has 1 fully saturated rings. The highest BCUT2D eigenvalue weighted by Gasteiger charge is 2.23. The van der Waals surface area contributed by atoms with Crippen molar-refractivity contribution >= 4 is 11.7 Å². The Labute approximate surface area is 207 Å². The SMILES string of the molecule is COc1ccc(OC2CCN(c3nnc(C(N)=O)cc3C)CC2)cn1.[HH].c1cnc2c(c1)CCCC2. The Kier molecular flexibility index (Phi) is 8.07. The fourth-order valence-corrected chi connectivity index (χ4v) is 4.38. The molecule has 9 nitrogen and oxygen atoms in total. The van der Waals surface area contributed by atoms with Crippen LogP contribution in [-0.2, 0) is 12.8 Å². The predicted octanol–water partition coefficient (Wildman–Crippen LogP) is 3.54. The second kappa shape index (κ2) is 11.6. The van der Waals surface area contributed by atoms with Gasteiger partial charge in [0.15, 0.2) is 11.5 Å². The number of anilines is 1. The first-order valence-corrected chi connectivity index (χ1v) is 12.0. The maximum absolute atomic E-state index is 11.2. The van der Waals surface area contributed by atoms with Gasteiger partial charge in [0.05, 0.1) is 13.3 Å². The van der Waals surface area contributed by atoms with Crippen molar-refractivity contribution in [1.82, 2.24) is 20.2 Å². The number of aromatic nitrogens is 4. The summed E-state index contributed by atoms with van der Waals surface area (Å²) in [5, 5.41) is 8.06. The minimum absolute atomic E-state index is 0. The molecule has 9 heteroatoms. The molecule has 0 atom stereocenters. The zero-order valence-electron chi connectivity index (χ0n) is 20.3. The van der Waals surface area contributed by atoms with Crippen LogP contribution < -0.4 is 20.1 Å². The summed E-state index contributed by atoms with van der Waals surface area (Å²) in [6.45, 7) is 3.52. The smallest absolute Gasteiger partial charge is 0.269 e. The number of hydrogen-bond acceptors (Lipinski definition) is 8. The molecule has 2 aliphatic rings. The van der Waals surface area contributed by atoms with Gasteiger partial charge in [0.25, 0.3) is 5.91 Å². The van der Waals surface area contributed by atoms with Crippen LogP contribution in [0.3, 0.4) is 0 Å². The van der Waals surface area contributed by atoms with E-state index in [1.54, 1.807) is 25.4 Å². The molecule has 5 rings (SSSR count). The van der Waals surface area contributed by atoms with Crippen molar-refractivity contribution in [2.24, 2.45) is 5.73 Å². The minimum atomic E-state index is -0.567. The standard InChI is InChI=1S/C17H21N5O3.C9H11N.H2/c1-11-9-14(16(18)23)20-21-17(11)22-7-5-12(6-8-22)25-13-3-4-15(24-2)19-10-13;1-2-6-9-8(4-1)5-3-7-10-9;/h3-4,9-10,12H,5-8H2,1-2H3,(H2,18,23);3,5,7H,1-2,4,6H2;1H. The molecule has 0 aromatic carbocycles. The van der Waals surface area contributed by atoms with E-state index >= 15 is 0 Å². The minimum Gasteiger partial charge on any atom is -0.489 e. The summed E-state index contributed by atoms with van der Waals surface area (Å²) < 4.78 is 11.0. The van der Waals surface area contributed by atoms with Gasteiger partial charge in [-0.25, -0.2) is 4.98 Å². The van der Waals surface area contributed by atoms with E-state index in [0.717, 1.165) is 43.1 Å². The summed E-state index contributed by atoms with van der Waals surface area (Å²) in [4.78, 5) is 21.8. The number of rotatable bonds is 5. The summed E-state index contributed by atoms with van der Waals surface area (Å²) in [5.41, 5.74) is 9.11. The highest BCUT2D eigenvalue weighted by Crippen LogP contribution is 2.24. The molecule has 0 radical (unpaired) electrons. The van der Waals surface area contributed by atoms with Crippen LogP contribution in [0.15, 0.2) is 42.7 Å². The summed E-state index contributed by atoms with van der Waals surface area (Å²) in [7, 11) is 1.58. The van der Waals surface area contributed by atoms with Crippen molar-refractivity contribution in [3.63, 3.8) is 0 Å². The first kappa shape index (κ1) is 24.4. The third kappa shape index (κ3) is 6.44. The Balaban J connectivity index is 0.000000273. The second-order valence-electron chi connectivity index (χ2n) is 8.76. The average Bonchev–Trinajstić information content (AvgIpc) is 2.90. The summed E-state index contributed by atoms with van der Waals surface area (Å²) in [6, 6.07) is 9.54. The van der Waals surface area contributed by atoms with E-state index in [2.05, 4.69) is 31.1 Å². The Bertz CT molecular complexity index is 1110. The number of piperidine rings is 1. The first-order valence-electron chi connectivity index (χ1n) is 12.0. The molecular formula is C26H34N6O3. The third-order valence-corrected chi connectivity index (χ3v) is 6.27. The van der Waals surface area contributed by atoms with Crippen LogP contribution in [0.2, 0.25) is 0 Å². The van der Waals surface area contributed by atoms with Gasteiger partial charge >= 0.3 is 0 Å². The van der Waals surface area contributed by atoms with Crippen LogP contribution in [0.1, 0.15) is 54.4 Å². The monoisotopic (exact) mass is 478 g/mol. The van der Waals surface area contributed by atoms with Gasteiger partial charge in [0.2, 0.25) is 5.88 Å². The maximum Gasteiger partial charge on any atom is 0.269 e. The van der Waals surface area contributed by atoms with Crippen LogP contribution in [0, 0.1) is 6.92 Å². The van der Waals surface area contributed by atoms with Crippen LogP contribution >= 0.6 is 0 Å². The molecule has 186 valence electrons. The molecule has 0 saturated carbocycles. The quantitative estimate of drug-likeness (QED) is 0.592. The second-order valence-corrected chi connectivity index (χ2v) is 8.76. The van der Waals surface area contributed by atoms with E-state index in [9.17, 15) is 4.79 Å². The van der Waals surface area contributed by atoms with Gasteiger partial charge in [-0.05, 0) is 61.9 Å². The number of carbonyl (C=O) groups is 1. The fourth-order valence-electron chi connectivity index (χ4n) is 4.38. The van der Waals surface area contributed by atoms with Crippen molar-refractivity contribution in [2.45, 2.75) is 51.6 Å². The van der Waals surface area contributed by atoms with Gasteiger partial charge in [0, 0.05) is 45.3 Å². The van der Waals surface area contributed by atoms with E-state index in [1.807, 2.05) is 25.3 Å². The number of amides is 1. The number of carbonyl (C=O) groups excluding carboxylic acids is 1. The van der Waals surface area contributed by atoms with Crippen molar-refractivity contribution in [1.29, 1.82) is 0 Å². The molecule has 0 bridgehead atoms. The maximum atomic E-state index is 11.2. The van der Waals surface area contributed by atoms with E-state index in [1.165, 1.54) is 36.9 Å². The lowest BCUT2D eigenvalue weighted by atomic mass is 9.96. The zero-order chi connectivity index (χ0) is 24.6. The van der Waals surface area contributed by atoms with E-state index in [4.69, 9.17) is 15.2 Å². The number of nitrogens with two attached hydrogens (primary N) is 1. The van der Waals surface area contributed by atoms with Gasteiger partial charge in [-0.2, -0.15) is 0 Å². The average molecular weight is 479 g/mol. The normalized spacial score (nSPS) is 15.4. The Morgan fingerprint density at radius 3 is 2.57 bits per heavy atom. The molecule has 0 spiro atoms. The van der Waals surface area contributed by atoms with Gasteiger partial charge in [0.1, 0.15) is 11.9 Å². The lowest BCUT2D eigenvalue weighted by Crippen LogP contribution is -2.39. The predicted molar refractivity (Wildman–Crippen MR) is 135 cm³/mol. The van der Waals surface area contributed by atoms with E-state index in [0.29, 0.717) is 5.88 Å². The molecule has 1 amide bonds.